The molecule has 0 fully saturated rings. The average molecular weight is 273 g/mol. The Labute approximate surface area is 101 Å². The number of alkyl halides is 3. The van der Waals surface area contributed by atoms with Crippen LogP contribution in [0.1, 0.15) is 24.5 Å². The van der Waals surface area contributed by atoms with Crippen LogP contribution < -0.4 is 0 Å². The molecule has 0 saturated carbocycles. The first kappa shape index (κ1) is 13.6. The third-order valence-electron chi connectivity index (χ3n) is 2.02. The van der Waals surface area contributed by atoms with Gasteiger partial charge in [-0.15, -0.1) is 0 Å². The summed E-state index contributed by atoms with van der Waals surface area (Å²) in [7, 11) is 0. The fourth-order valence-electron chi connectivity index (χ4n) is 1.23. The summed E-state index contributed by atoms with van der Waals surface area (Å²) >= 11 is 11.4. The summed E-state index contributed by atoms with van der Waals surface area (Å²) in [5, 5.41) is 10.1. The molecule has 0 saturated heterocycles. The van der Waals surface area contributed by atoms with Gasteiger partial charge in [-0.2, -0.15) is 13.2 Å². The molecule has 1 unspecified atom stereocenters. The molecule has 1 atom stereocenters. The van der Waals surface area contributed by atoms with Gasteiger partial charge in [-0.25, -0.2) is 0 Å². The van der Waals surface area contributed by atoms with Crippen LogP contribution in [0, 0.1) is 0 Å². The van der Waals surface area contributed by atoms with Gasteiger partial charge in [0.25, 0.3) is 0 Å². The number of halogens is 5. The lowest BCUT2D eigenvalue weighted by atomic mass is 10.0. The van der Waals surface area contributed by atoms with Gasteiger partial charge in [0.15, 0.2) is 0 Å². The number of aliphatic hydroxyl groups is 1. The van der Waals surface area contributed by atoms with Crippen LogP contribution in [-0.2, 0) is 0 Å². The molecule has 6 heteroatoms. The van der Waals surface area contributed by atoms with Gasteiger partial charge in [-0.05, 0) is 24.1 Å². The molecule has 0 radical (unpaired) electrons. The molecule has 1 aromatic rings. The van der Waals surface area contributed by atoms with Crippen LogP contribution in [0.5, 0.6) is 0 Å². The Bertz CT molecular complexity index is 366. The van der Waals surface area contributed by atoms with Crippen LogP contribution >= 0.6 is 23.2 Å². The molecule has 1 rings (SSSR count). The molecule has 0 aromatic heterocycles. The number of rotatable bonds is 3. The van der Waals surface area contributed by atoms with E-state index in [1.54, 1.807) is 0 Å². The van der Waals surface area contributed by atoms with Crippen molar-refractivity contribution in [1.29, 1.82) is 0 Å². The van der Waals surface area contributed by atoms with E-state index in [0.717, 1.165) is 0 Å². The van der Waals surface area contributed by atoms with Crippen molar-refractivity contribution in [2.45, 2.75) is 25.1 Å². The zero-order valence-corrected chi connectivity index (χ0v) is 9.57. The monoisotopic (exact) mass is 272 g/mol. The Balaban J connectivity index is 2.70. The fraction of sp³-hybridized carbons (Fsp3) is 0.400. The standard InChI is InChI=1S/C10H9Cl2F3O/c11-6-1-2-7(8(12)5-6)9(16)3-4-10(13,14)15/h1-2,5,9,16H,3-4H2. The molecule has 0 spiro atoms. The van der Waals surface area contributed by atoms with Gasteiger partial charge in [0.2, 0.25) is 0 Å². The lowest BCUT2D eigenvalue weighted by molar-refractivity contribution is -0.140. The summed E-state index contributed by atoms with van der Waals surface area (Å²) in [6.07, 6.45) is -6.97. The fourth-order valence-corrected chi connectivity index (χ4v) is 1.76. The van der Waals surface area contributed by atoms with Crippen LogP contribution in [0.2, 0.25) is 10.0 Å². The second-order valence-electron chi connectivity index (χ2n) is 3.34. The second-order valence-corrected chi connectivity index (χ2v) is 4.18. The van der Waals surface area contributed by atoms with Crippen molar-refractivity contribution < 1.29 is 18.3 Å². The van der Waals surface area contributed by atoms with Gasteiger partial charge in [0.05, 0.1) is 6.10 Å². The van der Waals surface area contributed by atoms with Gasteiger partial charge in [0, 0.05) is 16.5 Å². The van der Waals surface area contributed by atoms with Crippen molar-refractivity contribution in [3.05, 3.63) is 33.8 Å². The summed E-state index contributed by atoms with van der Waals surface area (Å²) in [5.41, 5.74) is 0.260. The van der Waals surface area contributed by atoms with Crippen molar-refractivity contribution in [1.82, 2.24) is 0 Å². The number of benzene rings is 1. The molecule has 1 aromatic carbocycles. The van der Waals surface area contributed by atoms with Gasteiger partial charge >= 0.3 is 6.18 Å². The van der Waals surface area contributed by atoms with Gasteiger partial charge in [0.1, 0.15) is 0 Å². The van der Waals surface area contributed by atoms with Crippen molar-refractivity contribution in [3.63, 3.8) is 0 Å². The second kappa shape index (κ2) is 5.25. The summed E-state index contributed by atoms with van der Waals surface area (Å²) in [5.74, 6) is 0. The Morgan fingerprint density at radius 1 is 1.25 bits per heavy atom. The molecule has 1 N–H and O–H groups in total. The first-order valence-electron chi connectivity index (χ1n) is 4.49. The maximum absolute atomic E-state index is 11.9. The predicted molar refractivity (Wildman–Crippen MR) is 56.7 cm³/mol. The lowest BCUT2D eigenvalue weighted by Crippen LogP contribution is -2.10. The third kappa shape index (κ3) is 4.20. The predicted octanol–water partition coefficient (Wildman–Crippen LogP) is 4.37. The van der Waals surface area contributed by atoms with Crippen LogP contribution in [0.4, 0.5) is 13.2 Å². The van der Waals surface area contributed by atoms with E-state index in [-0.39, 0.29) is 10.6 Å². The Kier molecular flexibility index (Phi) is 4.47. The first-order chi connectivity index (χ1) is 7.29. The maximum Gasteiger partial charge on any atom is 0.389 e. The summed E-state index contributed by atoms with van der Waals surface area (Å²) in [4.78, 5) is 0. The molecule has 1 nitrogen and oxygen atoms in total. The molecule has 0 heterocycles. The van der Waals surface area contributed by atoms with E-state index < -0.39 is 25.1 Å². The maximum atomic E-state index is 11.9. The van der Waals surface area contributed by atoms with E-state index in [9.17, 15) is 18.3 Å². The number of aliphatic hydroxyl groups excluding tert-OH is 1. The average Bonchev–Trinajstić information content (AvgIpc) is 2.13. The largest absolute Gasteiger partial charge is 0.389 e. The minimum Gasteiger partial charge on any atom is -0.388 e. The molecular formula is C10H9Cl2F3O. The normalized spacial score (nSPS) is 13.9. The number of hydrogen-bond acceptors (Lipinski definition) is 1. The quantitative estimate of drug-likeness (QED) is 0.867. The summed E-state index contributed by atoms with van der Waals surface area (Å²) in [6.45, 7) is 0. The molecule has 0 aliphatic rings. The van der Waals surface area contributed by atoms with Crippen molar-refractivity contribution in [2.24, 2.45) is 0 Å². The van der Waals surface area contributed by atoms with Crippen molar-refractivity contribution >= 4 is 23.2 Å². The van der Waals surface area contributed by atoms with Gasteiger partial charge < -0.3 is 5.11 Å². The highest BCUT2D eigenvalue weighted by atomic mass is 35.5. The minimum atomic E-state index is -4.28. The van der Waals surface area contributed by atoms with Gasteiger partial charge in [-0.1, -0.05) is 29.3 Å². The molecule has 0 amide bonds. The topological polar surface area (TPSA) is 20.2 Å². The lowest BCUT2D eigenvalue weighted by Gasteiger charge is -2.14. The molecule has 0 bridgehead atoms. The van der Waals surface area contributed by atoms with E-state index in [1.807, 2.05) is 0 Å². The van der Waals surface area contributed by atoms with Crippen molar-refractivity contribution in [3.8, 4) is 0 Å². The zero-order valence-electron chi connectivity index (χ0n) is 8.06. The van der Waals surface area contributed by atoms with Crippen LogP contribution in [0.3, 0.4) is 0 Å². The highest BCUT2D eigenvalue weighted by molar-refractivity contribution is 6.35. The first-order valence-corrected chi connectivity index (χ1v) is 5.25. The number of hydrogen-bond donors (Lipinski definition) is 1. The molecule has 0 aliphatic heterocycles. The smallest absolute Gasteiger partial charge is 0.388 e. The molecule has 0 aliphatic carbocycles. The zero-order chi connectivity index (χ0) is 12.3. The Morgan fingerprint density at radius 2 is 1.88 bits per heavy atom. The molecular weight excluding hydrogens is 264 g/mol. The van der Waals surface area contributed by atoms with Crippen LogP contribution in [0.25, 0.3) is 0 Å². The minimum absolute atomic E-state index is 0.169. The Morgan fingerprint density at radius 3 is 2.38 bits per heavy atom. The Hall–Kier alpha value is -0.450. The van der Waals surface area contributed by atoms with Crippen LogP contribution in [0.15, 0.2) is 18.2 Å². The van der Waals surface area contributed by atoms with E-state index >= 15 is 0 Å². The van der Waals surface area contributed by atoms with Crippen LogP contribution in [-0.4, -0.2) is 11.3 Å². The highest BCUT2D eigenvalue weighted by Crippen LogP contribution is 2.31. The van der Waals surface area contributed by atoms with Crippen molar-refractivity contribution in [2.75, 3.05) is 0 Å². The van der Waals surface area contributed by atoms with E-state index in [0.29, 0.717) is 5.02 Å². The summed E-state index contributed by atoms with van der Waals surface area (Å²) in [6, 6.07) is 4.28. The van der Waals surface area contributed by atoms with E-state index in [1.165, 1.54) is 18.2 Å². The van der Waals surface area contributed by atoms with Gasteiger partial charge in [-0.3, -0.25) is 0 Å². The SMILES string of the molecule is OC(CCC(F)(F)F)c1ccc(Cl)cc1Cl. The third-order valence-corrected chi connectivity index (χ3v) is 2.59. The van der Waals surface area contributed by atoms with E-state index in [4.69, 9.17) is 23.2 Å². The summed E-state index contributed by atoms with van der Waals surface area (Å²) < 4.78 is 35.8. The van der Waals surface area contributed by atoms with E-state index in [2.05, 4.69) is 0 Å². The highest BCUT2D eigenvalue weighted by Gasteiger charge is 2.28. The molecule has 90 valence electrons. The molecule has 16 heavy (non-hydrogen) atoms.